The van der Waals surface area contributed by atoms with Gasteiger partial charge in [0.2, 0.25) is 11.5 Å². The second-order valence-corrected chi connectivity index (χ2v) is 6.28. The molecule has 0 spiro atoms. The monoisotopic (exact) mass is 376 g/mol. The summed E-state index contributed by atoms with van der Waals surface area (Å²) in [5.41, 5.74) is 3.65. The lowest BCUT2D eigenvalue weighted by atomic mass is 9.96. The number of benzene rings is 3. The van der Waals surface area contributed by atoms with E-state index in [2.05, 4.69) is 24.3 Å². The van der Waals surface area contributed by atoms with E-state index in [-0.39, 0.29) is 0 Å². The number of nitrogens with zero attached hydrogens (tertiary/aromatic N) is 1. The molecule has 0 aliphatic heterocycles. The van der Waals surface area contributed by atoms with Crippen LogP contribution in [-0.4, -0.2) is 28.4 Å². The van der Waals surface area contributed by atoms with Crippen LogP contribution in [-0.2, 0) is 0 Å². The summed E-state index contributed by atoms with van der Waals surface area (Å²) in [6.45, 7) is 0. The molecular weight excluding hydrogens is 354 g/mol. The standard InChI is InChI=1S/C23H22NO4/c1-25-21-19(15-10-6-5-7-11-15)17-14-16-12-8-9-13-18(16)24(28-4)20(17)22(26-2)23(21)27-3/h5-14H,1-4H3/q+1. The molecule has 0 radical (unpaired) electrons. The molecule has 142 valence electrons. The lowest BCUT2D eigenvalue weighted by molar-refractivity contribution is -0.844. The van der Waals surface area contributed by atoms with Gasteiger partial charge in [0, 0.05) is 16.4 Å². The Hall–Kier alpha value is -3.47. The first-order valence-electron chi connectivity index (χ1n) is 8.94. The van der Waals surface area contributed by atoms with Gasteiger partial charge in [0.1, 0.15) is 7.11 Å². The van der Waals surface area contributed by atoms with E-state index in [9.17, 15) is 0 Å². The first-order valence-corrected chi connectivity index (χ1v) is 8.94. The smallest absolute Gasteiger partial charge is 0.311 e. The van der Waals surface area contributed by atoms with Crippen molar-refractivity contribution in [2.75, 3.05) is 28.4 Å². The van der Waals surface area contributed by atoms with E-state index in [1.165, 1.54) is 0 Å². The maximum absolute atomic E-state index is 5.80. The largest absolute Gasteiger partial charge is 0.492 e. The molecule has 0 atom stereocenters. The number of hydrogen-bond donors (Lipinski definition) is 0. The van der Waals surface area contributed by atoms with Gasteiger partial charge in [-0.3, -0.25) is 4.84 Å². The summed E-state index contributed by atoms with van der Waals surface area (Å²) in [5.74, 6) is 1.70. The van der Waals surface area contributed by atoms with E-state index in [1.54, 1.807) is 33.2 Å². The van der Waals surface area contributed by atoms with Gasteiger partial charge in [0.15, 0.2) is 5.75 Å². The molecule has 0 aliphatic carbocycles. The van der Waals surface area contributed by atoms with E-state index in [0.29, 0.717) is 17.2 Å². The van der Waals surface area contributed by atoms with E-state index in [1.807, 2.05) is 36.4 Å². The zero-order valence-corrected chi connectivity index (χ0v) is 16.4. The van der Waals surface area contributed by atoms with Crippen molar-refractivity contribution < 1.29 is 23.8 Å². The Morgan fingerprint density at radius 2 is 1.32 bits per heavy atom. The highest BCUT2D eigenvalue weighted by atomic mass is 16.6. The van der Waals surface area contributed by atoms with Crippen LogP contribution in [0.25, 0.3) is 32.9 Å². The average Bonchev–Trinajstić information content (AvgIpc) is 2.76. The fourth-order valence-corrected chi connectivity index (χ4v) is 3.75. The molecule has 1 heterocycles. The topological polar surface area (TPSA) is 40.8 Å². The van der Waals surface area contributed by atoms with Gasteiger partial charge in [-0.2, -0.15) is 0 Å². The fraction of sp³-hybridized carbons (Fsp3) is 0.174. The summed E-state index contributed by atoms with van der Waals surface area (Å²) in [7, 11) is 6.51. The normalized spacial score (nSPS) is 10.9. The second-order valence-electron chi connectivity index (χ2n) is 6.28. The third-order valence-corrected chi connectivity index (χ3v) is 4.89. The Bertz CT molecular complexity index is 1160. The molecule has 0 saturated carbocycles. The zero-order valence-electron chi connectivity index (χ0n) is 16.4. The maximum atomic E-state index is 5.80. The number of methoxy groups -OCH3 is 3. The number of ether oxygens (including phenoxy) is 3. The number of fused-ring (bicyclic) bond motifs is 2. The predicted octanol–water partition coefficient (Wildman–Crippen LogP) is 4.03. The van der Waals surface area contributed by atoms with Gasteiger partial charge in [-0.25, -0.2) is 0 Å². The van der Waals surface area contributed by atoms with Crippen molar-refractivity contribution in [3.05, 3.63) is 60.7 Å². The number of pyridine rings is 1. The average molecular weight is 376 g/mol. The third kappa shape index (κ3) is 2.59. The van der Waals surface area contributed by atoms with Gasteiger partial charge in [0.05, 0.1) is 32.1 Å². The minimum absolute atomic E-state index is 0.525. The van der Waals surface area contributed by atoms with Crippen molar-refractivity contribution in [3.63, 3.8) is 0 Å². The quantitative estimate of drug-likeness (QED) is 0.389. The van der Waals surface area contributed by atoms with Crippen LogP contribution in [0.5, 0.6) is 17.2 Å². The van der Waals surface area contributed by atoms with E-state index < -0.39 is 0 Å². The highest BCUT2D eigenvalue weighted by molar-refractivity contribution is 6.05. The van der Waals surface area contributed by atoms with Crippen molar-refractivity contribution in [3.8, 4) is 28.4 Å². The molecule has 3 aromatic carbocycles. The van der Waals surface area contributed by atoms with Gasteiger partial charge in [-0.1, -0.05) is 42.5 Å². The summed E-state index contributed by atoms with van der Waals surface area (Å²) in [6, 6.07) is 20.3. The Balaban J connectivity index is 2.31. The van der Waals surface area contributed by atoms with Crippen LogP contribution in [0.15, 0.2) is 60.7 Å². The van der Waals surface area contributed by atoms with Crippen LogP contribution in [0, 0.1) is 0 Å². The van der Waals surface area contributed by atoms with Crippen LogP contribution in [0.2, 0.25) is 0 Å². The zero-order chi connectivity index (χ0) is 19.7. The molecule has 5 nitrogen and oxygen atoms in total. The molecule has 28 heavy (non-hydrogen) atoms. The summed E-state index contributed by atoms with van der Waals surface area (Å²) in [4.78, 5) is 5.79. The summed E-state index contributed by atoms with van der Waals surface area (Å²) in [5, 5.41) is 1.99. The van der Waals surface area contributed by atoms with Gasteiger partial charge >= 0.3 is 5.52 Å². The van der Waals surface area contributed by atoms with Crippen molar-refractivity contribution in [2.45, 2.75) is 0 Å². The van der Waals surface area contributed by atoms with Crippen LogP contribution in [0.1, 0.15) is 0 Å². The molecule has 4 rings (SSSR count). The summed E-state index contributed by atoms with van der Waals surface area (Å²) >= 11 is 0. The molecular formula is C23H22NO4+. The van der Waals surface area contributed by atoms with E-state index >= 15 is 0 Å². The predicted molar refractivity (Wildman–Crippen MR) is 109 cm³/mol. The molecule has 0 amide bonds. The Kier molecular flexibility index (Phi) is 4.65. The van der Waals surface area contributed by atoms with Gasteiger partial charge in [-0.15, -0.1) is 0 Å². The molecule has 5 heteroatoms. The number of hydrogen-bond acceptors (Lipinski definition) is 4. The van der Waals surface area contributed by atoms with Crippen LogP contribution < -0.4 is 23.8 Å². The van der Waals surface area contributed by atoms with Crippen LogP contribution in [0.4, 0.5) is 0 Å². The lowest BCUT2D eigenvalue weighted by Crippen LogP contribution is -2.42. The molecule has 0 aliphatic rings. The Morgan fingerprint density at radius 1 is 0.679 bits per heavy atom. The van der Waals surface area contributed by atoms with Crippen molar-refractivity contribution in [1.29, 1.82) is 0 Å². The second kappa shape index (κ2) is 7.27. The molecule has 4 aromatic rings. The van der Waals surface area contributed by atoms with Gasteiger partial charge in [-0.05, 0) is 17.7 Å². The minimum atomic E-state index is 0.525. The highest BCUT2D eigenvalue weighted by Crippen LogP contribution is 2.50. The van der Waals surface area contributed by atoms with E-state index in [4.69, 9.17) is 19.0 Å². The third-order valence-electron chi connectivity index (χ3n) is 4.89. The SMILES string of the molecule is COc1c(OC)c(OC)c2c(cc3ccccc3[n+]2OC)c1-c1ccccc1. The van der Waals surface area contributed by atoms with Gasteiger partial charge in [0.25, 0.3) is 5.52 Å². The first kappa shape index (κ1) is 17.9. The Morgan fingerprint density at radius 3 is 1.96 bits per heavy atom. The molecule has 0 saturated heterocycles. The minimum Gasteiger partial charge on any atom is -0.492 e. The number of rotatable bonds is 5. The highest BCUT2D eigenvalue weighted by Gasteiger charge is 2.31. The first-order chi connectivity index (χ1) is 13.7. The molecule has 0 bridgehead atoms. The van der Waals surface area contributed by atoms with E-state index in [0.717, 1.165) is 32.9 Å². The summed E-state index contributed by atoms with van der Waals surface area (Å²) in [6.07, 6.45) is 0. The van der Waals surface area contributed by atoms with Crippen molar-refractivity contribution >= 4 is 21.8 Å². The molecule has 0 N–H and O–H groups in total. The maximum Gasteiger partial charge on any atom is 0.311 e. The number of para-hydroxylation sites is 1. The Labute approximate surface area is 163 Å². The molecule has 1 aromatic heterocycles. The molecule has 0 unspecified atom stereocenters. The van der Waals surface area contributed by atoms with Crippen molar-refractivity contribution in [2.24, 2.45) is 0 Å². The summed E-state index contributed by atoms with van der Waals surface area (Å²) < 4.78 is 19.1. The lowest BCUT2D eigenvalue weighted by Gasteiger charge is -2.18. The number of aromatic nitrogens is 1. The van der Waals surface area contributed by atoms with Gasteiger partial charge < -0.3 is 14.2 Å². The fourth-order valence-electron chi connectivity index (χ4n) is 3.75. The van der Waals surface area contributed by atoms with Crippen molar-refractivity contribution in [1.82, 2.24) is 0 Å². The molecule has 0 fully saturated rings. The van der Waals surface area contributed by atoms with Crippen LogP contribution >= 0.6 is 0 Å². The van der Waals surface area contributed by atoms with Crippen LogP contribution in [0.3, 0.4) is 0 Å².